The summed E-state index contributed by atoms with van der Waals surface area (Å²) < 4.78 is 7.39. The number of para-hydroxylation sites is 6. The van der Waals surface area contributed by atoms with Crippen molar-refractivity contribution in [3.05, 3.63) is 249 Å². The molecule has 3 aromatic heterocycles. The van der Waals surface area contributed by atoms with E-state index in [2.05, 4.69) is 262 Å². The van der Waals surface area contributed by atoms with Crippen LogP contribution in [0.5, 0.6) is 0 Å². The predicted molar refractivity (Wildman–Crippen MR) is 273 cm³/mol. The van der Waals surface area contributed by atoms with Gasteiger partial charge in [-0.15, -0.1) is 0 Å². The number of fused-ring (bicyclic) bond motifs is 9. The SMILES string of the molecule is c1ccc([Si](c2ccccc2)(c2ccccc2)c2ccc3c(c2)c2ccccc2n3-c2ccccc2-n2c3ccccc3c3cc(-n4c5ccccc5c5ccccc54)ccc32)cc1. The fourth-order valence-corrected chi connectivity index (χ4v) is 15.7. The van der Waals surface area contributed by atoms with Gasteiger partial charge in [0.2, 0.25) is 0 Å². The molecule has 0 aliphatic heterocycles. The highest BCUT2D eigenvalue weighted by Crippen LogP contribution is 2.40. The minimum Gasteiger partial charge on any atom is -0.309 e. The van der Waals surface area contributed by atoms with Gasteiger partial charge in [0.05, 0.1) is 44.5 Å². The normalized spacial score (nSPS) is 12.1. The summed E-state index contributed by atoms with van der Waals surface area (Å²) in [5.74, 6) is 0. The first-order valence-electron chi connectivity index (χ1n) is 22.1. The maximum Gasteiger partial charge on any atom is 0.179 e. The molecule has 300 valence electrons. The van der Waals surface area contributed by atoms with E-state index in [-0.39, 0.29) is 0 Å². The topological polar surface area (TPSA) is 14.8 Å². The molecule has 3 heterocycles. The summed E-state index contributed by atoms with van der Waals surface area (Å²) in [5, 5.41) is 12.9. The number of nitrogens with zero attached hydrogens (tertiary/aromatic N) is 3. The second-order valence-corrected chi connectivity index (χ2v) is 20.7. The summed E-state index contributed by atoms with van der Waals surface area (Å²) in [4.78, 5) is 0. The van der Waals surface area contributed by atoms with Gasteiger partial charge in [-0.2, -0.15) is 0 Å². The molecular formula is C60H41N3Si. The quantitative estimate of drug-likeness (QED) is 0.112. The van der Waals surface area contributed by atoms with Crippen LogP contribution < -0.4 is 20.7 Å². The lowest BCUT2D eigenvalue weighted by molar-refractivity contribution is 1.09. The summed E-state index contributed by atoms with van der Waals surface area (Å²) >= 11 is 0. The lowest BCUT2D eigenvalue weighted by Crippen LogP contribution is -2.74. The van der Waals surface area contributed by atoms with Gasteiger partial charge >= 0.3 is 0 Å². The van der Waals surface area contributed by atoms with Crippen LogP contribution in [0.3, 0.4) is 0 Å². The fraction of sp³-hybridized carbons (Fsp3) is 0. The van der Waals surface area contributed by atoms with Crippen LogP contribution in [-0.2, 0) is 0 Å². The van der Waals surface area contributed by atoms with Crippen LogP contribution in [0.1, 0.15) is 0 Å². The second kappa shape index (κ2) is 14.5. The Morgan fingerprint density at radius 2 is 0.547 bits per heavy atom. The molecule has 3 nitrogen and oxygen atoms in total. The van der Waals surface area contributed by atoms with Crippen molar-refractivity contribution in [2.45, 2.75) is 0 Å². The third-order valence-corrected chi connectivity index (χ3v) is 18.4. The van der Waals surface area contributed by atoms with Gasteiger partial charge in [0.25, 0.3) is 0 Å². The molecule has 0 saturated carbocycles. The summed E-state index contributed by atoms with van der Waals surface area (Å²) in [6.07, 6.45) is 0. The molecule has 0 aliphatic carbocycles. The van der Waals surface area contributed by atoms with Crippen molar-refractivity contribution in [3.8, 4) is 17.1 Å². The zero-order valence-electron chi connectivity index (χ0n) is 35.0. The Hall–Kier alpha value is -8.18. The third-order valence-electron chi connectivity index (χ3n) is 13.6. The molecule has 0 saturated heterocycles. The molecule has 0 bridgehead atoms. The van der Waals surface area contributed by atoms with Crippen LogP contribution in [-0.4, -0.2) is 21.8 Å². The molecular weight excluding hydrogens is 791 g/mol. The number of hydrogen-bond acceptors (Lipinski definition) is 0. The lowest BCUT2D eigenvalue weighted by Gasteiger charge is -2.34. The van der Waals surface area contributed by atoms with Crippen LogP contribution in [0.4, 0.5) is 0 Å². The third kappa shape index (κ3) is 5.27. The van der Waals surface area contributed by atoms with Crippen molar-refractivity contribution in [2.75, 3.05) is 0 Å². The van der Waals surface area contributed by atoms with Gasteiger partial charge in [0, 0.05) is 38.0 Å². The molecule has 0 atom stereocenters. The first-order valence-corrected chi connectivity index (χ1v) is 24.1. The highest BCUT2D eigenvalue weighted by Gasteiger charge is 2.41. The molecule has 13 aromatic rings. The zero-order valence-corrected chi connectivity index (χ0v) is 36.0. The summed E-state index contributed by atoms with van der Waals surface area (Å²) in [5.41, 5.74) is 10.6. The molecule has 10 aromatic carbocycles. The van der Waals surface area contributed by atoms with Gasteiger partial charge in [-0.3, -0.25) is 0 Å². The molecule has 0 unspecified atom stereocenters. The molecule has 0 N–H and O–H groups in total. The first kappa shape index (κ1) is 36.5. The van der Waals surface area contributed by atoms with Crippen LogP contribution in [0.2, 0.25) is 0 Å². The summed E-state index contributed by atoms with van der Waals surface area (Å²) in [6, 6.07) is 92.2. The molecule has 4 heteroatoms. The van der Waals surface area contributed by atoms with Crippen LogP contribution in [0.15, 0.2) is 249 Å². The van der Waals surface area contributed by atoms with E-state index in [4.69, 9.17) is 0 Å². The zero-order chi connectivity index (χ0) is 42.2. The predicted octanol–water partition coefficient (Wildman–Crippen LogP) is 12.4. The maximum absolute atomic E-state index is 2.76. The van der Waals surface area contributed by atoms with Gasteiger partial charge in [-0.1, -0.05) is 188 Å². The largest absolute Gasteiger partial charge is 0.309 e. The molecule has 0 spiro atoms. The number of benzene rings is 10. The van der Waals surface area contributed by atoms with Gasteiger partial charge < -0.3 is 13.7 Å². The van der Waals surface area contributed by atoms with E-state index in [1.54, 1.807) is 0 Å². The van der Waals surface area contributed by atoms with Crippen LogP contribution in [0.25, 0.3) is 82.5 Å². The Labute approximate surface area is 372 Å². The van der Waals surface area contributed by atoms with Crippen molar-refractivity contribution in [3.63, 3.8) is 0 Å². The highest BCUT2D eigenvalue weighted by atomic mass is 28.3. The molecule has 64 heavy (non-hydrogen) atoms. The Kier molecular flexibility index (Phi) is 8.23. The number of hydrogen-bond donors (Lipinski definition) is 0. The minimum absolute atomic E-state index is 1.13. The summed E-state index contributed by atoms with van der Waals surface area (Å²) in [7, 11) is -2.76. The monoisotopic (exact) mass is 831 g/mol. The van der Waals surface area contributed by atoms with Crippen LogP contribution >= 0.6 is 0 Å². The first-order chi connectivity index (χ1) is 31.8. The Morgan fingerprint density at radius 1 is 0.219 bits per heavy atom. The standard InChI is InChI=1S/C60H41N3Si/c1-4-20-43(21-5-1)64(44-22-6-2-7-23-44,45-24-8-3-9-25-45)46-37-39-58-52(41-46)50-29-13-17-33-56(50)63(58)60-35-19-18-34-59(60)62-55-32-16-12-28-49(55)51-40-42(36-38-57(51)62)61-53-30-14-10-26-47(53)48-27-11-15-31-54(48)61/h1-41H. The highest BCUT2D eigenvalue weighted by molar-refractivity contribution is 7.20. The second-order valence-electron chi connectivity index (χ2n) is 16.8. The van der Waals surface area contributed by atoms with E-state index in [9.17, 15) is 0 Å². The molecule has 13 rings (SSSR count). The van der Waals surface area contributed by atoms with E-state index in [0.717, 1.165) is 17.1 Å². The molecule has 0 radical (unpaired) electrons. The van der Waals surface area contributed by atoms with Crippen molar-refractivity contribution in [1.82, 2.24) is 13.7 Å². The Balaban J connectivity index is 1.05. The van der Waals surface area contributed by atoms with E-state index in [1.807, 2.05) is 0 Å². The van der Waals surface area contributed by atoms with Gasteiger partial charge in [0.15, 0.2) is 8.07 Å². The van der Waals surface area contributed by atoms with E-state index in [0.29, 0.717) is 0 Å². The van der Waals surface area contributed by atoms with Gasteiger partial charge in [0.1, 0.15) is 0 Å². The molecule has 0 amide bonds. The van der Waals surface area contributed by atoms with E-state index in [1.165, 1.54) is 86.2 Å². The Bertz CT molecular complexity index is 3750. The number of rotatable bonds is 7. The van der Waals surface area contributed by atoms with Gasteiger partial charge in [-0.05, 0) is 81.4 Å². The van der Waals surface area contributed by atoms with E-state index >= 15 is 0 Å². The minimum atomic E-state index is -2.76. The van der Waals surface area contributed by atoms with Crippen molar-refractivity contribution < 1.29 is 0 Å². The lowest BCUT2D eigenvalue weighted by atomic mass is 10.1. The maximum atomic E-state index is 2.52. The molecule has 0 aliphatic rings. The average molecular weight is 832 g/mol. The Morgan fingerprint density at radius 3 is 1.00 bits per heavy atom. The van der Waals surface area contributed by atoms with Crippen molar-refractivity contribution in [2.24, 2.45) is 0 Å². The van der Waals surface area contributed by atoms with Crippen LogP contribution in [0, 0.1) is 0 Å². The van der Waals surface area contributed by atoms with E-state index < -0.39 is 8.07 Å². The molecule has 0 fully saturated rings. The summed E-state index contributed by atoms with van der Waals surface area (Å²) in [6.45, 7) is 0. The number of aromatic nitrogens is 3. The average Bonchev–Trinajstić information content (AvgIpc) is 4.01. The fourth-order valence-electron chi connectivity index (χ4n) is 10.9. The van der Waals surface area contributed by atoms with Crippen molar-refractivity contribution in [1.29, 1.82) is 0 Å². The smallest absolute Gasteiger partial charge is 0.179 e. The van der Waals surface area contributed by atoms with Crippen molar-refractivity contribution >= 4 is 94.2 Å². The van der Waals surface area contributed by atoms with Gasteiger partial charge in [-0.25, -0.2) is 0 Å².